The second kappa shape index (κ2) is 13.0. The number of aliphatic hydroxyl groups is 1. The Morgan fingerprint density at radius 3 is 2.70 bits per heavy atom. The number of carbonyl (C=O) groups excluding carboxylic acids is 2. The minimum atomic E-state index is -0.274. The Hall–Kier alpha value is -2.20. The number of anilines is 1. The van der Waals surface area contributed by atoms with Gasteiger partial charge in [0.05, 0.1) is 32.3 Å². The fourth-order valence-electron chi connectivity index (χ4n) is 5.16. The molecule has 3 atom stereocenters. The van der Waals surface area contributed by atoms with Crippen molar-refractivity contribution >= 4 is 17.5 Å². The average Bonchev–Trinajstić information content (AvgIpc) is 3.70. The molecule has 1 aliphatic carbocycles. The third kappa shape index (κ3) is 8.14. The van der Waals surface area contributed by atoms with Crippen molar-refractivity contribution in [3.05, 3.63) is 23.8 Å². The number of aliphatic hydroxyl groups excluding tert-OH is 1. The van der Waals surface area contributed by atoms with Gasteiger partial charge >= 0.3 is 0 Å². The van der Waals surface area contributed by atoms with Gasteiger partial charge in [0.25, 0.3) is 0 Å². The van der Waals surface area contributed by atoms with Crippen LogP contribution in [0.1, 0.15) is 38.7 Å². The standard InChI is InChI=1S/C28H44N4O5/c1-20-16-32(21(2)19-33)28(35)15-23-14-24(29-27(34)8-9-31-10-12-36-13-11-31)6-7-25(23)37-26(20)18-30(3)17-22-4-5-22/h6-7,14,20-22,26,33H,4-5,8-13,15-19H2,1-3H3,(H,29,34)/t20-,21+,26+/m0/s1. The van der Waals surface area contributed by atoms with E-state index in [9.17, 15) is 14.7 Å². The van der Waals surface area contributed by atoms with E-state index in [1.54, 1.807) is 4.90 Å². The summed E-state index contributed by atoms with van der Waals surface area (Å²) in [4.78, 5) is 32.4. The van der Waals surface area contributed by atoms with Gasteiger partial charge < -0.3 is 29.7 Å². The summed E-state index contributed by atoms with van der Waals surface area (Å²) in [6, 6.07) is 5.33. The number of hydrogen-bond acceptors (Lipinski definition) is 7. The van der Waals surface area contributed by atoms with Crippen LogP contribution in [0.4, 0.5) is 5.69 Å². The molecule has 0 unspecified atom stereocenters. The number of hydrogen-bond donors (Lipinski definition) is 2. The molecule has 206 valence electrons. The molecule has 2 N–H and O–H groups in total. The fourth-order valence-corrected chi connectivity index (χ4v) is 5.16. The molecule has 2 amide bonds. The Morgan fingerprint density at radius 1 is 1.24 bits per heavy atom. The molecule has 37 heavy (non-hydrogen) atoms. The fraction of sp³-hybridized carbons (Fsp3) is 0.714. The molecule has 0 bridgehead atoms. The van der Waals surface area contributed by atoms with Gasteiger partial charge in [-0.25, -0.2) is 0 Å². The van der Waals surface area contributed by atoms with E-state index in [4.69, 9.17) is 9.47 Å². The van der Waals surface area contributed by atoms with Gasteiger partial charge in [0.1, 0.15) is 11.9 Å². The van der Waals surface area contributed by atoms with Crippen LogP contribution in [0.25, 0.3) is 0 Å². The van der Waals surface area contributed by atoms with E-state index in [0.717, 1.165) is 37.7 Å². The van der Waals surface area contributed by atoms with E-state index in [1.165, 1.54) is 12.8 Å². The molecule has 4 rings (SSSR count). The number of carbonyl (C=O) groups is 2. The number of nitrogens with zero attached hydrogens (tertiary/aromatic N) is 3. The molecule has 2 heterocycles. The van der Waals surface area contributed by atoms with Crippen LogP contribution in [0.3, 0.4) is 0 Å². The summed E-state index contributed by atoms with van der Waals surface area (Å²) in [5.74, 6) is 1.47. The van der Waals surface area contributed by atoms with Crippen LogP contribution < -0.4 is 10.1 Å². The SMILES string of the molecule is C[C@H](CO)N1C[C@H](C)[C@@H](CN(C)CC2CC2)Oc2ccc(NC(=O)CCN3CCOCC3)cc2CC1=O. The zero-order chi connectivity index (χ0) is 26.4. The third-order valence-corrected chi connectivity index (χ3v) is 7.72. The van der Waals surface area contributed by atoms with Crippen LogP contribution >= 0.6 is 0 Å². The molecule has 9 nitrogen and oxygen atoms in total. The van der Waals surface area contributed by atoms with Crippen molar-refractivity contribution in [2.75, 3.05) is 71.5 Å². The summed E-state index contributed by atoms with van der Waals surface area (Å²) >= 11 is 0. The summed E-state index contributed by atoms with van der Waals surface area (Å²) < 4.78 is 12.0. The molecule has 9 heteroatoms. The van der Waals surface area contributed by atoms with Crippen molar-refractivity contribution in [3.63, 3.8) is 0 Å². The Bertz CT molecular complexity index is 918. The predicted octanol–water partition coefficient (Wildman–Crippen LogP) is 1.84. The lowest BCUT2D eigenvalue weighted by molar-refractivity contribution is -0.134. The molecule has 0 spiro atoms. The first kappa shape index (κ1) is 27.8. The molecule has 2 fully saturated rings. The number of rotatable bonds is 10. The van der Waals surface area contributed by atoms with Gasteiger partial charge in [0, 0.05) is 62.9 Å². The number of fused-ring (bicyclic) bond motifs is 1. The lowest BCUT2D eigenvalue weighted by Gasteiger charge is -2.34. The monoisotopic (exact) mass is 516 g/mol. The maximum atomic E-state index is 13.4. The van der Waals surface area contributed by atoms with E-state index in [2.05, 4.69) is 29.1 Å². The number of benzene rings is 1. The number of nitrogens with one attached hydrogen (secondary N) is 1. The smallest absolute Gasteiger partial charge is 0.227 e. The first-order valence-electron chi connectivity index (χ1n) is 13.8. The lowest BCUT2D eigenvalue weighted by Crippen LogP contribution is -2.47. The zero-order valence-corrected chi connectivity index (χ0v) is 22.7. The highest BCUT2D eigenvalue weighted by Crippen LogP contribution is 2.31. The maximum Gasteiger partial charge on any atom is 0.227 e. The highest BCUT2D eigenvalue weighted by molar-refractivity contribution is 5.91. The summed E-state index contributed by atoms with van der Waals surface area (Å²) in [7, 11) is 2.14. The summed E-state index contributed by atoms with van der Waals surface area (Å²) in [5.41, 5.74) is 1.42. The molecule has 0 aromatic heterocycles. The molecular weight excluding hydrogens is 472 g/mol. The second-order valence-electron chi connectivity index (χ2n) is 11.1. The van der Waals surface area contributed by atoms with Gasteiger partial charge in [0.15, 0.2) is 0 Å². The van der Waals surface area contributed by atoms with Crippen molar-refractivity contribution < 1.29 is 24.2 Å². The Labute approximate surface area is 221 Å². The summed E-state index contributed by atoms with van der Waals surface area (Å²) in [6.45, 7) is 10.1. The predicted molar refractivity (Wildman–Crippen MR) is 143 cm³/mol. The number of amides is 2. The normalized spacial score (nSPS) is 24.0. The minimum Gasteiger partial charge on any atom is -0.488 e. The van der Waals surface area contributed by atoms with Crippen LogP contribution in [-0.4, -0.2) is 110 Å². The topological polar surface area (TPSA) is 94.6 Å². The van der Waals surface area contributed by atoms with Crippen LogP contribution in [0.5, 0.6) is 5.75 Å². The number of likely N-dealkylation sites (N-methyl/N-ethyl adjacent to an activating group) is 1. The number of ether oxygens (including phenoxy) is 2. The molecular formula is C28H44N4O5. The van der Waals surface area contributed by atoms with Crippen molar-refractivity contribution in [1.29, 1.82) is 0 Å². The van der Waals surface area contributed by atoms with E-state index in [-0.39, 0.29) is 42.9 Å². The van der Waals surface area contributed by atoms with Gasteiger partial charge in [-0.15, -0.1) is 0 Å². The Morgan fingerprint density at radius 2 is 2.00 bits per heavy atom. The Kier molecular flexibility index (Phi) is 9.81. The van der Waals surface area contributed by atoms with Gasteiger partial charge in [-0.1, -0.05) is 6.92 Å². The quantitative estimate of drug-likeness (QED) is 0.490. The molecule has 3 aliphatic rings. The van der Waals surface area contributed by atoms with Gasteiger partial charge in [-0.3, -0.25) is 14.5 Å². The molecule has 2 aliphatic heterocycles. The molecule has 1 saturated heterocycles. The maximum absolute atomic E-state index is 13.4. The molecule has 0 radical (unpaired) electrons. The zero-order valence-electron chi connectivity index (χ0n) is 22.7. The molecule has 1 aromatic rings. The summed E-state index contributed by atoms with van der Waals surface area (Å²) in [6.07, 6.45) is 3.06. The van der Waals surface area contributed by atoms with Crippen LogP contribution in [0, 0.1) is 11.8 Å². The third-order valence-electron chi connectivity index (χ3n) is 7.72. The van der Waals surface area contributed by atoms with E-state index < -0.39 is 0 Å². The number of morpholine rings is 1. The second-order valence-corrected chi connectivity index (χ2v) is 11.1. The summed E-state index contributed by atoms with van der Waals surface area (Å²) in [5, 5.41) is 12.8. The van der Waals surface area contributed by atoms with E-state index >= 15 is 0 Å². The van der Waals surface area contributed by atoms with Crippen molar-refractivity contribution in [1.82, 2.24) is 14.7 Å². The van der Waals surface area contributed by atoms with Crippen molar-refractivity contribution in [2.24, 2.45) is 11.8 Å². The van der Waals surface area contributed by atoms with Crippen molar-refractivity contribution in [3.8, 4) is 5.75 Å². The van der Waals surface area contributed by atoms with Crippen LogP contribution in [0.2, 0.25) is 0 Å². The Balaban J connectivity index is 1.48. The first-order valence-corrected chi connectivity index (χ1v) is 13.8. The van der Waals surface area contributed by atoms with E-state index in [1.807, 2.05) is 25.1 Å². The van der Waals surface area contributed by atoms with Gasteiger partial charge in [-0.2, -0.15) is 0 Å². The van der Waals surface area contributed by atoms with Crippen molar-refractivity contribution in [2.45, 2.75) is 51.7 Å². The highest BCUT2D eigenvalue weighted by Gasteiger charge is 2.32. The van der Waals surface area contributed by atoms with Crippen LogP contribution in [-0.2, 0) is 20.7 Å². The first-order chi connectivity index (χ1) is 17.8. The minimum absolute atomic E-state index is 0.0407. The average molecular weight is 517 g/mol. The van der Waals surface area contributed by atoms with Gasteiger partial charge in [-0.05, 0) is 50.9 Å². The highest BCUT2D eigenvalue weighted by atomic mass is 16.5. The lowest BCUT2D eigenvalue weighted by atomic mass is 10.0. The van der Waals surface area contributed by atoms with Gasteiger partial charge in [0.2, 0.25) is 11.8 Å². The van der Waals surface area contributed by atoms with Crippen LogP contribution in [0.15, 0.2) is 18.2 Å². The van der Waals surface area contributed by atoms with E-state index in [0.29, 0.717) is 44.2 Å². The largest absolute Gasteiger partial charge is 0.488 e. The molecule has 1 aromatic carbocycles. The molecule has 1 saturated carbocycles.